The van der Waals surface area contributed by atoms with Crippen molar-refractivity contribution in [3.8, 4) is 5.75 Å². The lowest BCUT2D eigenvalue weighted by molar-refractivity contribution is -0.139. The standard InChI is InChI=1S/C10H9FO2/c1-6-4-7-5-8(11)2-3-9(7)13-10(6)12/h2-3,5-6H,4H2,1H3/t6-/m1/s1. The van der Waals surface area contributed by atoms with E-state index >= 15 is 0 Å². The second-order valence-electron chi connectivity index (χ2n) is 3.28. The molecule has 1 aromatic carbocycles. The van der Waals surface area contributed by atoms with Gasteiger partial charge in [0.1, 0.15) is 11.6 Å². The van der Waals surface area contributed by atoms with Crippen LogP contribution in [0.1, 0.15) is 12.5 Å². The van der Waals surface area contributed by atoms with Crippen molar-refractivity contribution in [2.45, 2.75) is 13.3 Å². The van der Waals surface area contributed by atoms with E-state index in [9.17, 15) is 9.18 Å². The molecule has 2 rings (SSSR count). The summed E-state index contributed by atoms with van der Waals surface area (Å²) in [7, 11) is 0. The van der Waals surface area contributed by atoms with Gasteiger partial charge in [-0.1, -0.05) is 6.92 Å². The Hall–Kier alpha value is -1.38. The van der Waals surface area contributed by atoms with Gasteiger partial charge in [0, 0.05) is 0 Å². The third kappa shape index (κ3) is 1.41. The minimum atomic E-state index is -0.288. The maximum absolute atomic E-state index is 12.8. The molecule has 2 nitrogen and oxygen atoms in total. The molecular formula is C10H9FO2. The van der Waals surface area contributed by atoms with Crippen LogP contribution in [0.3, 0.4) is 0 Å². The average Bonchev–Trinajstić information content (AvgIpc) is 2.08. The summed E-state index contributed by atoms with van der Waals surface area (Å²) in [5.74, 6) is -0.207. The predicted octanol–water partition coefficient (Wildman–Crippen LogP) is 1.92. The number of benzene rings is 1. The molecule has 1 aliphatic rings. The van der Waals surface area contributed by atoms with E-state index in [-0.39, 0.29) is 17.7 Å². The van der Waals surface area contributed by atoms with Gasteiger partial charge in [0.05, 0.1) is 5.92 Å². The minimum absolute atomic E-state index is 0.172. The Morgan fingerprint density at radius 1 is 1.54 bits per heavy atom. The summed E-state index contributed by atoms with van der Waals surface area (Å²) >= 11 is 0. The van der Waals surface area contributed by atoms with Crippen molar-refractivity contribution in [2.75, 3.05) is 0 Å². The largest absolute Gasteiger partial charge is 0.426 e. The Morgan fingerprint density at radius 3 is 3.08 bits per heavy atom. The number of rotatable bonds is 0. The highest BCUT2D eigenvalue weighted by molar-refractivity contribution is 5.77. The lowest BCUT2D eigenvalue weighted by atomic mass is 9.98. The summed E-state index contributed by atoms with van der Waals surface area (Å²) in [6.07, 6.45) is 0.561. The first kappa shape index (κ1) is 8.23. The van der Waals surface area contributed by atoms with Gasteiger partial charge in [0.15, 0.2) is 0 Å². The van der Waals surface area contributed by atoms with Crippen LogP contribution in [0.5, 0.6) is 5.75 Å². The Kier molecular flexibility index (Phi) is 1.79. The minimum Gasteiger partial charge on any atom is -0.426 e. The van der Waals surface area contributed by atoms with Crippen LogP contribution in [0, 0.1) is 11.7 Å². The van der Waals surface area contributed by atoms with Crippen LogP contribution in [0.4, 0.5) is 4.39 Å². The summed E-state index contributed by atoms with van der Waals surface area (Å²) in [6.45, 7) is 1.77. The number of hydrogen-bond acceptors (Lipinski definition) is 2. The highest BCUT2D eigenvalue weighted by Crippen LogP contribution is 2.28. The van der Waals surface area contributed by atoms with E-state index < -0.39 is 0 Å². The van der Waals surface area contributed by atoms with Gasteiger partial charge in [-0.3, -0.25) is 4.79 Å². The van der Waals surface area contributed by atoms with E-state index in [1.54, 1.807) is 6.92 Å². The Morgan fingerprint density at radius 2 is 2.31 bits per heavy atom. The summed E-state index contributed by atoms with van der Waals surface area (Å²) in [5, 5.41) is 0. The zero-order chi connectivity index (χ0) is 9.42. The number of esters is 1. The first-order valence-corrected chi connectivity index (χ1v) is 4.17. The van der Waals surface area contributed by atoms with Gasteiger partial charge in [0.25, 0.3) is 0 Å². The number of carbonyl (C=O) groups is 1. The van der Waals surface area contributed by atoms with Gasteiger partial charge >= 0.3 is 5.97 Å². The number of ether oxygens (including phenoxy) is 1. The summed E-state index contributed by atoms with van der Waals surface area (Å²) < 4.78 is 17.8. The molecule has 1 heterocycles. The molecule has 0 unspecified atom stereocenters. The lowest BCUT2D eigenvalue weighted by Gasteiger charge is -2.19. The molecule has 68 valence electrons. The van der Waals surface area contributed by atoms with Gasteiger partial charge in [0.2, 0.25) is 0 Å². The first-order valence-electron chi connectivity index (χ1n) is 4.17. The Balaban J connectivity index is 2.42. The quantitative estimate of drug-likeness (QED) is 0.450. The summed E-state index contributed by atoms with van der Waals surface area (Å²) in [6, 6.07) is 4.20. The predicted molar refractivity (Wildman–Crippen MR) is 44.9 cm³/mol. The van der Waals surface area contributed by atoms with Crippen LogP contribution >= 0.6 is 0 Å². The average molecular weight is 180 g/mol. The zero-order valence-electron chi connectivity index (χ0n) is 7.21. The molecular weight excluding hydrogens is 171 g/mol. The van der Waals surface area contributed by atoms with Crippen LogP contribution in [-0.2, 0) is 11.2 Å². The molecule has 0 N–H and O–H groups in total. The van der Waals surface area contributed by atoms with Crippen LogP contribution in [-0.4, -0.2) is 5.97 Å². The fourth-order valence-corrected chi connectivity index (χ4v) is 1.43. The third-order valence-corrected chi connectivity index (χ3v) is 2.16. The number of fused-ring (bicyclic) bond motifs is 1. The van der Waals surface area contributed by atoms with Gasteiger partial charge in [-0.05, 0) is 30.2 Å². The smallest absolute Gasteiger partial charge is 0.314 e. The Labute approximate surface area is 75.3 Å². The molecule has 3 heteroatoms. The van der Waals surface area contributed by atoms with E-state index in [1.165, 1.54) is 18.2 Å². The normalized spacial score (nSPS) is 20.8. The fraction of sp³-hybridized carbons (Fsp3) is 0.300. The second kappa shape index (κ2) is 2.83. The number of hydrogen-bond donors (Lipinski definition) is 0. The lowest BCUT2D eigenvalue weighted by Crippen LogP contribution is -2.25. The summed E-state index contributed by atoms with van der Waals surface area (Å²) in [5.41, 5.74) is 0.770. The molecule has 0 aromatic heterocycles. The van der Waals surface area contributed by atoms with E-state index in [1.807, 2.05) is 0 Å². The molecule has 0 saturated carbocycles. The van der Waals surface area contributed by atoms with E-state index in [2.05, 4.69) is 0 Å². The number of carbonyl (C=O) groups excluding carboxylic acids is 1. The Bertz CT molecular complexity index is 360. The van der Waals surface area contributed by atoms with Crippen molar-refractivity contribution >= 4 is 5.97 Å². The SMILES string of the molecule is C[C@@H]1Cc2cc(F)ccc2OC1=O. The van der Waals surface area contributed by atoms with Crippen molar-refractivity contribution < 1.29 is 13.9 Å². The van der Waals surface area contributed by atoms with Gasteiger partial charge in [-0.2, -0.15) is 0 Å². The van der Waals surface area contributed by atoms with Crippen LogP contribution in [0.25, 0.3) is 0 Å². The van der Waals surface area contributed by atoms with Crippen LogP contribution in [0.2, 0.25) is 0 Å². The fourth-order valence-electron chi connectivity index (χ4n) is 1.43. The number of halogens is 1. The van der Waals surface area contributed by atoms with Crippen molar-refractivity contribution in [1.82, 2.24) is 0 Å². The van der Waals surface area contributed by atoms with Gasteiger partial charge in [-0.15, -0.1) is 0 Å². The molecule has 0 amide bonds. The summed E-state index contributed by atoms with van der Waals surface area (Å²) in [4.78, 5) is 11.1. The molecule has 1 aromatic rings. The second-order valence-corrected chi connectivity index (χ2v) is 3.28. The third-order valence-electron chi connectivity index (χ3n) is 2.16. The molecule has 0 fully saturated rings. The zero-order valence-corrected chi connectivity index (χ0v) is 7.21. The first-order chi connectivity index (χ1) is 6.16. The van der Waals surface area contributed by atoms with Crippen molar-refractivity contribution in [2.24, 2.45) is 5.92 Å². The van der Waals surface area contributed by atoms with Gasteiger partial charge < -0.3 is 4.74 Å². The molecule has 13 heavy (non-hydrogen) atoms. The maximum Gasteiger partial charge on any atom is 0.314 e. The van der Waals surface area contributed by atoms with Crippen molar-refractivity contribution in [3.05, 3.63) is 29.6 Å². The maximum atomic E-state index is 12.8. The van der Waals surface area contributed by atoms with Crippen LogP contribution < -0.4 is 4.74 Å². The molecule has 0 spiro atoms. The molecule has 0 radical (unpaired) electrons. The molecule has 0 saturated heterocycles. The molecule has 1 atom stereocenters. The van der Waals surface area contributed by atoms with Crippen molar-refractivity contribution in [1.29, 1.82) is 0 Å². The molecule has 0 bridgehead atoms. The highest BCUT2D eigenvalue weighted by atomic mass is 19.1. The van der Waals surface area contributed by atoms with Crippen molar-refractivity contribution in [3.63, 3.8) is 0 Å². The van der Waals surface area contributed by atoms with E-state index in [4.69, 9.17) is 4.74 Å². The topological polar surface area (TPSA) is 26.3 Å². The molecule has 1 aliphatic heterocycles. The monoisotopic (exact) mass is 180 g/mol. The van der Waals surface area contributed by atoms with Gasteiger partial charge in [-0.25, -0.2) is 4.39 Å². The van der Waals surface area contributed by atoms with E-state index in [0.717, 1.165) is 5.56 Å². The van der Waals surface area contributed by atoms with E-state index in [0.29, 0.717) is 12.2 Å². The molecule has 0 aliphatic carbocycles. The highest BCUT2D eigenvalue weighted by Gasteiger charge is 2.24. The van der Waals surface area contributed by atoms with Crippen LogP contribution in [0.15, 0.2) is 18.2 Å².